The minimum atomic E-state index is -3.98. The number of nitrogens with zero attached hydrogens (tertiary/aromatic N) is 2. The molecule has 8 nitrogen and oxygen atoms in total. The van der Waals surface area contributed by atoms with Crippen molar-refractivity contribution in [1.82, 2.24) is 4.90 Å². The monoisotopic (exact) mass is 525 g/mol. The molecule has 2 N–H and O–H groups in total. The summed E-state index contributed by atoms with van der Waals surface area (Å²) in [4.78, 5) is 18.4. The largest absolute Gasteiger partial charge is 0.493 e. The van der Waals surface area contributed by atoms with Crippen LogP contribution in [-0.4, -0.2) is 70.6 Å². The third-order valence-corrected chi connectivity index (χ3v) is 9.27. The van der Waals surface area contributed by atoms with Gasteiger partial charge in [-0.25, -0.2) is 8.42 Å². The van der Waals surface area contributed by atoms with E-state index < -0.39 is 20.5 Å². The molecule has 1 aliphatic heterocycles. The maximum Gasteiger partial charge on any atom is 0.239 e. The van der Waals surface area contributed by atoms with Gasteiger partial charge in [-0.1, -0.05) is 36.9 Å². The first-order valence-electron chi connectivity index (χ1n) is 12.1. The number of amides is 1. The summed E-state index contributed by atoms with van der Waals surface area (Å²) in [6.45, 7) is 9.86. The molecule has 1 aliphatic rings. The van der Waals surface area contributed by atoms with E-state index in [2.05, 4.69) is 23.2 Å². The highest BCUT2D eigenvalue weighted by Crippen LogP contribution is 2.36. The smallest absolute Gasteiger partial charge is 0.239 e. The molecule has 1 saturated heterocycles. The summed E-state index contributed by atoms with van der Waals surface area (Å²) in [6.07, 6.45) is 4.34. The van der Waals surface area contributed by atoms with Gasteiger partial charge in [0.15, 0.2) is 14.6 Å². The van der Waals surface area contributed by atoms with E-state index in [1.165, 1.54) is 12.1 Å². The van der Waals surface area contributed by atoms with Gasteiger partial charge in [0.25, 0.3) is 0 Å². The van der Waals surface area contributed by atoms with E-state index in [0.29, 0.717) is 45.0 Å². The van der Waals surface area contributed by atoms with Gasteiger partial charge in [0.05, 0.1) is 18.1 Å². The van der Waals surface area contributed by atoms with Gasteiger partial charge in [0.1, 0.15) is 5.75 Å². The van der Waals surface area contributed by atoms with E-state index in [9.17, 15) is 13.2 Å². The topological polar surface area (TPSA) is 111 Å². The zero-order valence-corrected chi connectivity index (χ0v) is 22.1. The summed E-state index contributed by atoms with van der Waals surface area (Å²) >= 11 is 0. The molecular weight excluding hydrogens is 490 g/mol. The van der Waals surface area contributed by atoms with Gasteiger partial charge in [0.2, 0.25) is 5.91 Å². The summed E-state index contributed by atoms with van der Waals surface area (Å²) < 4.78 is 36.4. The predicted octanol–water partition coefficient (Wildman–Crippen LogP) is 3.28. The molecule has 0 saturated carbocycles. The number of piperidine rings is 1. The summed E-state index contributed by atoms with van der Waals surface area (Å²) in [5.74, 6) is -0.264. The Morgan fingerprint density at radius 2 is 1.86 bits per heavy atom. The number of likely N-dealkylation sites (tertiary alicyclic amines) is 1. The number of hydrogen-bond acceptors (Lipinski definition) is 7. The van der Waals surface area contributed by atoms with Crippen LogP contribution >= 0.6 is 0 Å². The van der Waals surface area contributed by atoms with Crippen molar-refractivity contribution < 1.29 is 22.7 Å². The molecule has 2 aromatic rings. The number of ether oxygens (including phenoxy) is 2. The second-order valence-electron chi connectivity index (χ2n) is 8.94. The number of aliphatic imine (C=N–C) groups is 1. The van der Waals surface area contributed by atoms with Crippen molar-refractivity contribution in [3.05, 3.63) is 78.5 Å². The molecule has 3 rings (SSSR count). The van der Waals surface area contributed by atoms with Crippen molar-refractivity contribution in [2.75, 3.05) is 40.0 Å². The number of benzene rings is 2. The van der Waals surface area contributed by atoms with Gasteiger partial charge in [-0.2, -0.15) is 0 Å². The Kier molecular flexibility index (Phi) is 9.79. The Hall–Kier alpha value is -3.27. The number of primary amides is 1. The van der Waals surface area contributed by atoms with E-state index in [-0.39, 0.29) is 17.7 Å². The highest BCUT2D eigenvalue weighted by Gasteiger charge is 2.51. The molecule has 37 heavy (non-hydrogen) atoms. The molecule has 0 unspecified atom stereocenters. The second kappa shape index (κ2) is 12.8. The van der Waals surface area contributed by atoms with E-state index in [0.717, 1.165) is 16.7 Å². The zero-order chi connectivity index (χ0) is 26.9. The molecule has 1 amide bonds. The molecule has 1 fully saturated rings. The summed E-state index contributed by atoms with van der Waals surface area (Å²) in [5, 5.41) is 0. The van der Waals surface area contributed by atoms with Crippen LogP contribution < -0.4 is 10.5 Å². The van der Waals surface area contributed by atoms with E-state index in [1.54, 1.807) is 31.5 Å². The van der Waals surface area contributed by atoms with Crippen LogP contribution in [0.2, 0.25) is 0 Å². The molecule has 0 spiro atoms. The van der Waals surface area contributed by atoms with Gasteiger partial charge < -0.3 is 20.1 Å². The minimum Gasteiger partial charge on any atom is -0.493 e. The molecule has 0 atom stereocenters. The fourth-order valence-electron chi connectivity index (χ4n) is 4.48. The molecule has 0 radical (unpaired) electrons. The van der Waals surface area contributed by atoms with Gasteiger partial charge in [-0.15, -0.1) is 0 Å². The lowest BCUT2D eigenvalue weighted by Crippen LogP contribution is -2.57. The number of allylic oxidation sites excluding steroid dienone is 2. The first-order chi connectivity index (χ1) is 17.8. The van der Waals surface area contributed by atoms with Crippen molar-refractivity contribution in [2.45, 2.75) is 28.9 Å². The fraction of sp³-hybridized carbons (Fsp3) is 0.357. The van der Waals surface area contributed by atoms with Crippen LogP contribution in [0.5, 0.6) is 5.75 Å². The molecule has 1 heterocycles. The Morgan fingerprint density at radius 1 is 1.16 bits per heavy atom. The van der Waals surface area contributed by atoms with Crippen LogP contribution in [0.4, 0.5) is 0 Å². The predicted molar refractivity (Wildman–Crippen MR) is 146 cm³/mol. The van der Waals surface area contributed by atoms with Gasteiger partial charge >= 0.3 is 0 Å². The average molecular weight is 526 g/mol. The number of nitrogens with two attached hydrogens (primary N) is 1. The maximum atomic E-state index is 13.5. The first-order valence-corrected chi connectivity index (χ1v) is 13.6. The van der Waals surface area contributed by atoms with Crippen LogP contribution in [-0.2, 0) is 25.8 Å². The van der Waals surface area contributed by atoms with Crippen LogP contribution in [0.1, 0.15) is 24.0 Å². The molecule has 9 heteroatoms. The van der Waals surface area contributed by atoms with Gasteiger partial charge in [-0.05, 0) is 60.5 Å². The standard InChI is InChI=1S/C28H35N3O5S/c1-4-23(21-30-2)24-7-5-6-22(20-24)12-18-36-25-8-10-26(11-9-25)37(33,34)28(27(29)32)13-15-31(16-14-28)17-19-35-3/h4-11,20-21H,1-2,12-19H2,3H3,(H2,29,32)/b23-21+. The lowest BCUT2D eigenvalue weighted by Gasteiger charge is -2.38. The summed E-state index contributed by atoms with van der Waals surface area (Å²) in [6, 6.07) is 14.2. The van der Waals surface area contributed by atoms with Crippen molar-refractivity contribution >= 4 is 28.0 Å². The third kappa shape index (κ3) is 6.54. The number of methoxy groups -OCH3 is 1. The zero-order valence-electron chi connectivity index (χ0n) is 21.3. The quantitative estimate of drug-likeness (QED) is 0.317. The van der Waals surface area contributed by atoms with Gasteiger partial charge in [-0.3, -0.25) is 9.79 Å². The molecular formula is C28H35N3O5S. The number of hydrogen-bond donors (Lipinski definition) is 1. The fourth-order valence-corrected chi connectivity index (χ4v) is 6.41. The minimum absolute atomic E-state index is 0.0660. The van der Waals surface area contributed by atoms with Crippen LogP contribution in [0.15, 0.2) is 77.3 Å². The van der Waals surface area contributed by atoms with Crippen LogP contribution in [0.25, 0.3) is 5.57 Å². The van der Waals surface area contributed by atoms with Crippen molar-refractivity contribution in [3.8, 4) is 5.75 Å². The highest BCUT2D eigenvalue weighted by molar-refractivity contribution is 7.93. The van der Waals surface area contributed by atoms with Crippen LogP contribution in [0, 0.1) is 0 Å². The molecule has 198 valence electrons. The van der Waals surface area contributed by atoms with E-state index >= 15 is 0 Å². The summed E-state index contributed by atoms with van der Waals surface area (Å²) in [7, 11) is -2.36. The number of carbonyl (C=O) groups excluding carboxylic acids is 1. The Balaban J connectivity index is 1.65. The van der Waals surface area contributed by atoms with Gasteiger partial charge in [0, 0.05) is 39.4 Å². The second-order valence-corrected chi connectivity index (χ2v) is 11.2. The normalized spacial score (nSPS) is 16.2. The van der Waals surface area contributed by atoms with Crippen LogP contribution in [0.3, 0.4) is 0 Å². The SMILES string of the molecule is C=C/C(=C\N=C)c1cccc(CCOc2ccc(S(=O)(=O)C3(C(N)=O)CCN(CCOC)CC3)cc2)c1. The van der Waals surface area contributed by atoms with E-state index in [4.69, 9.17) is 15.2 Å². The van der Waals surface area contributed by atoms with Crippen molar-refractivity contribution in [3.63, 3.8) is 0 Å². The Bertz CT molecular complexity index is 1230. The lowest BCUT2D eigenvalue weighted by atomic mass is 9.95. The number of sulfone groups is 1. The molecule has 0 bridgehead atoms. The molecule has 2 aromatic carbocycles. The third-order valence-electron chi connectivity index (χ3n) is 6.74. The molecule has 0 aromatic heterocycles. The Labute approximate surface area is 219 Å². The number of carbonyl (C=O) groups is 1. The van der Waals surface area contributed by atoms with Crippen molar-refractivity contribution in [2.24, 2.45) is 10.7 Å². The summed E-state index contributed by atoms with van der Waals surface area (Å²) in [5.41, 5.74) is 8.62. The number of rotatable bonds is 13. The Morgan fingerprint density at radius 3 is 2.46 bits per heavy atom. The first kappa shape index (κ1) is 28.3. The maximum absolute atomic E-state index is 13.5. The van der Waals surface area contributed by atoms with E-state index in [1.807, 2.05) is 24.3 Å². The van der Waals surface area contributed by atoms with Crippen molar-refractivity contribution in [1.29, 1.82) is 0 Å². The highest BCUT2D eigenvalue weighted by atomic mass is 32.2. The molecule has 0 aliphatic carbocycles. The average Bonchev–Trinajstić information content (AvgIpc) is 2.91. The lowest BCUT2D eigenvalue weighted by molar-refractivity contribution is -0.121.